The number of benzene rings is 2. The van der Waals surface area contributed by atoms with E-state index in [-0.39, 0.29) is 30.1 Å². The van der Waals surface area contributed by atoms with Crippen LogP contribution < -0.4 is 5.73 Å². The van der Waals surface area contributed by atoms with Gasteiger partial charge in [0, 0.05) is 37.1 Å². The maximum atomic E-state index is 13.5. The highest BCUT2D eigenvalue weighted by Gasteiger charge is 2.24. The predicted octanol–water partition coefficient (Wildman–Crippen LogP) is 3.09. The van der Waals surface area contributed by atoms with E-state index in [1.54, 1.807) is 29.2 Å². The number of anilines is 1. The number of halogens is 2. The normalized spacial score (nSPS) is 13.6. The van der Waals surface area contributed by atoms with E-state index in [1.165, 1.54) is 28.9 Å². The van der Waals surface area contributed by atoms with Crippen molar-refractivity contribution in [1.29, 1.82) is 0 Å². The van der Waals surface area contributed by atoms with Crippen molar-refractivity contribution < 1.29 is 18.0 Å². The highest BCUT2D eigenvalue weighted by atomic mass is 19.1. The van der Waals surface area contributed by atoms with Crippen LogP contribution in [0.4, 0.5) is 14.8 Å². The average Bonchev–Trinajstić information content (AvgIpc) is 3.32. The molecular weight excluding hydrogens is 430 g/mol. The lowest BCUT2D eigenvalue weighted by atomic mass is 10.2. The van der Waals surface area contributed by atoms with Crippen LogP contribution in [0.15, 0.2) is 52.9 Å². The van der Waals surface area contributed by atoms with E-state index in [9.17, 15) is 13.6 Å². The smallest absolute Gasteiger partial charge is 0.292 e. The first-order valence-electron chi connectivity index (χ1n) is 10.4. The Bertz CT molecular complexity index is 1270. The number of hydrogen-bond acceptors (Lipinski definition) is 6. The van der Waals surface area contributed by atoms with Gasteiger partial charge in [-0.05, 0) is 48.5 Å². The number of nitrogen functional groups attached to an aromatic ring is 1. The van der Waals surface area contributed by atoms with E-state index in [0.717, 1.165) is 5.69 Å². The fourth-order valence-corrected chi connectivity index (χ4v) is 3.85. The van der Waals surface area contributed by atoms with Crippen molar-refractivity contribution in [2.75, 3.05) is 18.8 Å². The minimum Gasteiger partial charge on any atom is -0.429 e. The van der Waals surface area contributed by atoms with Crippen LogP contribution in [0.5, 0.6) is 0 Å². The lowest BCUT2D eigenvalue weighted by molar-refractivity contribution is -0.131. The van der Waals surface area contributed by atoms with Crippen LogP contribution in [0.2, 0.25) is 0 Å². The quantitative estimate of drug-likeness (QED) is 0.513. The molecule has 168 valence electrons. The summed E-state index contributed by atoms with van der Waals surface area (Å²) < 4.78 is 33.7. The Hall–Kier alpha value is -4.08. The first-order chi connectivity index (χ1) is 16.0. The van der Waals surface area contributed by atoms with Crippen molar-refractivity contribution in [3.8, 4) is 22.8 Å². The second-order valence-corrected chi connectivity index (χ2v) is 7.73. The van der Waals surface area contributed by atoms with Crippen LogP contribution in [0.3, 0.4) is 0 Å². The number of aromatic nitrogens is 4. The standard InChI is InChI=1S/C23H20F2N6O2/c24-16-5-1-14(2-6-16)21-28-22(15-3-7-17(25)8-4-15)31(29-21)13-20(32)30-11-9-18-19(10-12-30)33-23(26)27-18/h1-8H,9-13H2,(H2,26,27). The van der Waals surface area contributed by atoms with Gasteiger partial charge in [-0.2, -0.15) is 4.98 Å². The summed E-state index contributed by atoms with van der Waals surface area (Å²) >= 11 is 0. The number of oxazole rings is 1. The molecule has 3 heterocycles. The van der Waals surface area contributed by atoms with Crippen LogP contribution in [0.1, 0.15) is 11.5 Å². The summed E-state index contributed by atoms with van der Waals surface area (Å²) in [6.45, 7) is 0.882. The van der Waals surface area contributed by atoms with E-state index in [1.807, 2.05) is 0 Å². The van der Waals surface area contributed by atoms with Gasteiger partial charge in [0.15, 0.2) is 11.6 Å². The van der Waals surface area contributed by atoms with E-state index in [2.05, 4.69) is 15.1 Å². The molecule has 0 radical (unpaired) electrons. The number of carbonyl (C=O) groups excluding carboxylic acids is 1. The van der Waals surface area contributed by atoms with Gasteiger partial charge < -0.3 is 15.1 Å². The molecule has 0 saturated heterocycles. The Morgan fingerprint density at radius 2 is 1.58 bits per heavy atom. The molecule has 0 unspecified atom stereocenters. The van der Waals surface area contributed by atoms with Gasteiger partial charge in [0.1, 0.15) is 23.9 Å². The molecule has 4 aromatic rings. The molecule has 33 heavy (non-hydrogen) atoms. The minimum atomic E-state index is -0.379. The van der Waals surface area contributed by atoms with Gasteiger partial charge in [-0.3, -0.25) is 4.79 Å². The fourth-order valence-electron chi connectivity index (χ4n) is 3.85. The van der Waals surface area contributed by atoms with Gasteiger partial charge in [-0.1, -0.05) is 0 Å². The van der Waals surface area contributed by atoms with E-state index in [4.69, 9.17) is 10.2 Å². The molecule has 8 nitrogen and oxygen atoms in total. The Morgan fingerprint density at radius 1 is 0.939 bits per heavy atom. The van der Waals surface area contributed by atoms with Gasteiger partial charge in [-0.15, -0.1) is 5.10 Å². The number of nitrogens with zero attached hydrogens (tertiary/aromatic N) is 5. The van der Waals surface area contributed by atoms with Crippen LogP contribution in [0.25, 0.3) is 22.8 Å². The highest BCUT2D eigenvalue weighted by Crippen LogP contribution is 2.24. The van der Waals surface area contributed by atoms with Gasteiger partial charge in [0.2, 0.25) is 5.91 Å². The first-order valence-corrected chi connectivity index (χ1v) is 10.4. The number of amides is 1. The third kappa shape index (κ3) is 4.32. The van der Waals surface area contributed by atoms with Crippen molar-refractivity contribution in [2.24, 2.45) is 0 Å². The van der Waals surface area contributed by atoms with Crippen molar-refractivity contribution >= 4 is 11.9 Å². The molecular formula is C23H20F2N6O2. The molecule has 0 saturated carbocycles. The Kier molecular flexibility index (Phi) is 5.33. The van der Waals surface area contributed by atoms with E-state index < -0.39 is 0 Å². The lowest BCUT2D eigenvalue weighted by Gasteiger charge is -2.20. The predicted molar refractivity (Wildman–Crippen MR) is 116 cm³/mol. The molecule has 1 amide bonds. The molecule has 0 aliphatic carbocycles. The molecule has 1 aliphatic rings. The zero-order chi connectivity index (χ0) is 22.9. The maximum absolute atomic E-state index is 13.5. The van der Waals surface area contributed by atoms with Crippen molar-refractivity contribution in [3.05, 3.63) is 71.6 Å². The van der Waals surface area contributed by atoms with Crippen molar-refractivity contribution in [3.63, 3.8) is 0 Å². The zero-order valence-corrected chi connectivity index (χ0v) is 17.5. The first kappa shape index (κ1) is 20.8. The maximum Gasteiger partial charge on any atom is 0.292 e. The minimum absolute atomic E-state index is 0.0577. The monoisotopic (exact) mass is 450 g/mol. The van der Waals surface area contributed by atoms with E-state index in [0.29, 0.717) is 54.5 Å². The third-order valence-electron chi connectivity index (χ3n) is 5.54. The number of fused-ring (bicyclic) bond motifs is 1. The van der Waals surface area contributed by atoms with Gasteiger partial charge in [0.25, 0.3) is 6.01 Å². The molecule has 0 bridgehead atoms. The van der Waals surface area contributed by atoms with E-state index >= 15 is 0 Å². The van der Waals surface area contributed by atoms with Crippen LogP contribution in [-0.4, -0.2) is 43.6 Å². The zero-order valence-electron chi connectivity index (χ0n) is 17.5. The molecule has 0 fully saturated rings. The molecule has 1 aliphatic heterocycles. The summed E-state index contributed by atoms with van der Waals surface area (Å²) in [5.41, 5.74) is 7.61. The van der Waals surface area contributed by atoms with Crippen LogP contribution in [-0.2, 0) is 24.2 Å². The largest absolute Gasteiger partial charge is 0.429 e. The molecule has 2 aromatic heterocycles. The number of rotatable bonds is 4. The fraction of sp³-hybridized carbons (Fsp3) is 0.217. The molecule has 2 N–H and O–H groups in total. The topological polar surface area (TPSA) is 103 Å². The van der Waals surface area contributed by atoms with Crippen LogP contribution in [0, 0.1) is 11.6 Å². The molecule has 0 atom stereocenters. The molecule has 10 heteroatoms. The second kappa shape index (κ2) is 8.45. The summed E-state index contributed by atoms with van der Waals surface area (Å²) in [6.07, 6.45) is 1.07. The average molecular weight is 450 g/mol. The van der Waals surface area contributed by atoms with Gasteiger partial charge in [0.05, 0.1) is 5.69 Å². The lowest BCUT2D eigenvalue weighted by Crippen LogP contribution is -2.36. The number of nitrogens with two attached hydrogens (primary N) is 1. The summed E-state index contributed by atoms with van der Waals surface area (Å²) in [6, 6.07) is 11.7. The Labute approximate surface area is 187 Å². The summed E-state index contributed by atoms with van der Waals surface area (Å²) in [7, 11) is 0. The van der Waals surface area contributed by atoms with Crippen molar-refractivity contribution in [2.45, 2.75) is 19.4 Å². The second-order valence-electron chi connectivity index (χ2n) is 7.73. The highest BCUT2D eigenvalue weighted by molar-refractivity contribution is 5.77. The van der Waals surface area contributed by atoms with Crippen molar-refractivity contribution in [1.82, 2.24) is 24.6 Å². The summed E-state index contributed by atoms with van der Waals surface area (Å²) in [5.74, 6) is 0.566. The molecule has 5 rings (SSSR count). The number of hydrogen-bond donors (Lipinski definition) is 1. The summed E-state index contributed by atoms with van der Waals surface area (Å²) in [5, 5.41) is 4.50. The molecule has 2 aromatic carbocycles. The van der Waals surface area contributed by atoms with Gasteiger partial charge in [-0.25, -0.2) is 18.4 Å². The Morgan fingerprint density at radius 3 is 2.27 bits per heavy atom. The van der Waals surface area contributed by atoms with Gasteiger partial charge >= 0.3 is 0 Å². The third-order valence-corrected chi connectivity index (χ3v) is 5.54. The SMILES string of the molecule is Nc1nc2c(o1)CCN(C(=O)Cn1nc(-c3ccc(F)cc3)nc1-c1ccc(F)cc1)CC2. The molecule has 0 spiro atoms. The Balaban J connectivity index is 1.42. The number of carbonyl (C=O) groups is 1. The van der Waals surface area contributed by atoms with Crippen LogP contribution >= 0.6 is 0 Å². The summed E-state index contributed by atoms with van der Waals surface area (Å²) in [4.78, 5) is 23.6.